The summed E-state index contributed by atoms with van der Waals surface area (Å²) in [6.07, 6.45) is 1.93. The van der Waals surface area contributed by atoms with Crippen LogP contribution >= 0.6 is 0 Å². The first-order valence-electron chi connectivity index (χ1n) is 6.80. The molecule has 1 aliphatic heterocycles. The highest BCUT2D eigenvalue weighted by atomic mass is 19.1. The fraction of sp³-hybridized carbons (Fsp3) is 0.533. The third-order valence-corrected chi connectivity index (χ3v) is 3.77. The van der Waals surface area contributed by atoms with E-state index >= 15 is 0 Å². The Kier molecular flexibility index (Phi) is 4.53. The van der Waals surface area contributed by atoms with Crippen LogP contribution in [0.15, 0.2) is 18.2 Å². The number of benzene rings is 1. The smallest absolute Gasteiger partial charge is 0.219 e. The van der Waals surface area contributed by atoms with E-state index in [9.17, 15) is 9.18 Å². The van der Waals surface area contributed by atoms with Gasteiger partial charge in [-0.05, 0) is 37.0 Å². The maximum Gasteiger partial charge on any atom is 0.219 e. The highest BCUT2D eigenvalue weighted by Gasteiger charge is 2.19. The summed E-state index contributed by atoms with van der Waals surface area (Å²) >= 11 is 0. The molecule has 1 aromatic rings. The van der Waals surface area contributed by atoms with Crippen LogP contribution in [0.5, 0.6) is 0 Å². The Hall–Kier alpha value is -1.42. The maximum atomic E-state index is 13.4. The van der Waals surface area contributed by atoms with Crippen LogP contribution in [0, 0.1) is 12.7 Å². The molecule has 0 radical (unpaired) electrons. The van der Waals surface area contributed by atoms with E-state index in [1.807, 2.05) is 17.0 Å². The second-order valence-electron chi connectivity index (χ2n) is 5.24. The fourth-order valence-corrected chi connectivity index (χ4v) is 2.41. The molecule has 104 valence electrons. The van der Waals surface area contributed by atoms with Crippen molar-refractivity contribution in [1.29, 1.82) is 0 Å². The molecule has 0 saturated carbocycles. The number of hydrogen-bond donors (Lipinski definition) is 1. The number of aryl methyl sites for hydroxylation is 1. The van der Waals surface area contributed by atoms with Gasteiger partial charge in [0.15, 0.2) is 0 Å². The van der Waals surface area contributed by atoms with Gasteiger partial charge < -0.3 is 10.2 Å². The van der Waals surface area contributed by atoms with Crippen LogP contribution in [0.4, 0.5) is 4.39 Å². The largest absolute Gasteiger partial charge is 0.343 e. The summed E-state index contributed by atoms with van der Waals surface area (Å²) in [5, 5.41) is 3.44. The summed E-state index contributed by atoms with van der Waals surface area (Å²) in [6.45, 7) is 5.69. The van der Waals surface area contributed by atoms with Crippen LogP contribution in [-0.2, 0) is 11.3 Å². The Morgan fingerprint density at radius 2 is 2.11 bits per heavy atom. The van der Waals surface area contributed by atoms with Gasteiger partial charge in [0.05, 0.1) is 0 Å². The SMILES string of the molecule is CC(=O)N1CCC(NCc2ccc(C)c(F)c2)CC1. The first-order chi connectivity index (χ1) is 9.06. The second-order valence-corrected chi connectivity index (χ2v) is 5.24. The molecule has 0 unspecified atom stereocenters. The third kappa shape index (κ3) is 3.77. The summed E-state index contributed by atoms with van der Waals surface area (Å²) in [5.41, 5.74) is 1.65. The van der Waals surface area contributed by atoms with E-state index in [0.717, 1.165) is 31.5 Å². The number of carbonyl (C=O) groups is 1. The molecular weight excluding hydrogens is 243 g/mol. The molecular formula is C15H21FN2O. The second kappa shape index (κ2) is 6.15. The minimum Gasteiger partial charge on any atom is -0.343 e. The van der Waals surface area contributed by atoms with Gasteiger partial charge in [-0.2, -0.15) is 0 Å². The molecule has 1 aromatic carbocycles. The molecule has 0 bridgehead atoms. The van der Waals surface area contributed by atoms with Gasteiger partial charge in [0.2, 0.25) is 5.91 Å². The number of carbonyl (C=O) groups excluding carboxylic acids is 1. The number of likely N-dealkylation sites (tertiary alicyclic amines) is 1. The predicted molar refractivity (Wildman–Crippen MR) is 73.3 cm³/mol. The Morgan fingerprint density at radius 3 is 2.68 bits per heavy atom. The van der Waals surface area contributed by atoms with Crippen molar-refractivity contribution in [2.75, 3.05) is 13.1 Å². The fourth-order valence-electron chi connectivity index (χ4n) is 2.41. The minimum atomic E-state index is -0.148. The molecule has 0 aromatic heterocycles. The first kappa shape index (κ1) is 14.0. The highest BCUT2D eigenvalue weighted by molar-refractivity contribution is 5.73. The Balaban J connectivity index is 1.80. The molecule has 1 saturated heterocycles. The number of nitrogens with zero attached hydrogens (tertiary/aromatic N) is 1. The lowest BCUT2D eigenvalue weighted by Crippen LogP contribution is -2.43. The first-order valence-corrected chi connectivity index (χ1v) is 6.80. The highest BCUT2D eigenvalue weighted by Crippen LogP contribution is 2.13. The molecule has 0 aliphatic carbocycles. The number of piperidine rings is 1. The van der Waals surface area contributed by atoms with Crippen molar-refractivity contribution in [3.05, 3.63) is 35.1 Å². The van der Waals surface area contributed by atoms with E-state index in [1.165, 1.54) is 0 Å². The summed E-state index contributed by atoms with van der Waals surface area (Å²) < 4.78 is 13.4. The summed E-state index contributed by atoms with van der Waals surface area (Å²) in [7, 11) is 0. The van der Waals surface area contributed by atoms with E-state index in [0.29, 0.717) is 18.2 Å². The zero-order valence-corrected chi connectivity index (χ0v) is 11.6. The lowest BCUT2D eigenvalue weighted by atomic mass is 10.0. The molecule has 0 atom stereocenters. The van der Waals surface area contributed by atoms with Gasteiger partial charge in [0, 0.05) is 32.6 Å². The van der Waals surface area contributed by atoms with E-state index in [1.54, 1.807) is 19.9 Å². The Labute approximate surface area is 113 Å². The van der Waals surface area contributed by atoms with Gasteiger partial charge >= 0.3 is 0 Å². The maximum absolute atomic E-state index is 13.4. The van der Waals surface area contributed by atoms with Crippen molar-refractivity contribution >= 4 is 5.91 Å². The average Bonchev–Trinajstić information content (AvgIpc) is 2.40. The Morgan fingerprint density at radius 1 is 1.42 bits per heavy atom. The predicted octanol–water partition coefficient (Wildman–Crippen LogP) is 2.23. The van der Waals surface area contributed by atoms with Crippen LogP contribution in [0.2, 0.25) is 0 Å². The van der Waals surface area contributed by atoms with Crippen molar-refractivity contribution in [3.63, 3.8) is 0 Å². The van der Waals surface area contributed by atoms with E-state index in [2.05, 4.69) is 5.32 Å². The zero-order chi connectivity index (χ0) is 13.8. The normalized spacial score (nSPS) is 16.7. The van der Waals surface area contributed by atoms with Gasteiger partial charge in [-0.25, -0.2) is 4.39 Å². The zero-order valence-electron chi connectivity index (χ0n) is 11.6. The van der Waals surface area contributed by atoms with E-state index in [-0.39, 0.29) is 11.7 Å². The lowest BCUT2D eigenvalue weighted by molar-refractivity contribution is -0.129. The Bertz CT molecular complexity index is 453. The number of hydrogen-bond acceptors (Lipinski definition) is 2. The minimum absolute atomic E-state index is 0.148. The van der Waals surface area contributed by atoms with Gasteiger partial charge in [-0.1, -0.05) is 12.1 Å². The van der Waals surface area contributed by atoms with Crippen LogP contribution in [0.3, 0.4) is 0 Å². The van der Waals surface area contributed by atoms with Crippen molar-refractivity contribution in [1.82, 2.24) is 10.2 Å². The van der Waals surface area contributed by atoms with Gasteiger partial charge in [0.25, 0.3) is 0 Å². The number of halogens is 1. The van der Waals surface area contributed by atoms with Crippen LogP contribution in [0.1, 0.15) is 30.9 Å². The summed E-state index contributed by atoms with van der Waals surface area (Å²) in [6, 6.07) is 5.77. The molecule has 1 N–H and O–H groups in total. The summed E-state index contributed by atoms with van der Waals surface area (Å²) in [5.74, 6) is 0.00440. The quantitative estimate of drug-likeness (QED) is 0.908. The standard InChI is InChI=1S/C15H21FN2O/c1-11-3-4-13(9-15(11)16)10-17-14-5-7-18(8-6-14)12(2)19/h3-4,9,14,17H,5-8,10H2,1-2H3. The topological polar surface area (TPSA) is 32.3 Å². The molecule has 1 aliphatic rings. The molecule has 4 heteroatoms. The lowest BCUT2D eigenvalue weighted by Gasteiger charge is -2.31. The molecule has 1 heterocycles. The number of rotatable bonds is 3. The van der Waals surface area contributed by atoms with Gasteiger partial charge in [-0.3, -0.25) is 4.79 Å². The molecule has 2 rings (SSSR count). The van der Waals surface area contributed by atoms with Crippen LogP contribution in [-0.4, -0.2) is 29.9 Å². The molecule has 0 spiro atoms. The van der Waals surface area contributed by atoms with Crippen LogP contribution < -0.4 is 5.32 Å². The molecule has 1 amide bonds. The van der Waals surface area contributed by atoms with Crippen molar-refractivity contribution in [3.8, 4) is 0 Å². The van der Waals surface area contributed by atoms with Crippen LogP contribution in [0.25, 0.3) is 0 Å². The number of nitrogens with one attached hydrogen (secondary N) is 1. The molecule has 19 heavy (non-hydrogen) atoms. The summed E-state index contributed by atoms with van der Waals surface area (Å²) in [4.78, 5) is 13.1. The van der Waals surface area contributed by atoms with E-state index in [4.69, 9.17) is 0 Å². The van der Waals surface area contributed by atoms with Crippen molar-refractivity contribution in [2.24, 2.45) is 0 Å². The van der Waals surface area contributed by atoms with Gasteiger partial charge in [0.1, 0.15) is 5.82 Å². The average molecular weight is 264 g/mol. The molecule has 1 fully saturated rings. The van der Waals surface area contributed by atoms with E-state index < -0.39 is 0 Å². The van der Waals surface area contributed by atoms with Gasteiger partial charge in [-0.15, -0.1) is 0 Å². The number of amides is 1. The third-order valence-electron chi connectivity index (χ3n) is 3.77. The molecule has 3 nitrogen and oxygen atoms in total. The van der Waals surface area contributed by atoms with Crippen molar-refractivity contribution < 1.29 is 9.18 Å². The monoisotopic (exact) mass is 264 g/mol. The van der Waals surface area contributed by atoms with Crippen molar-refractivity contribution in [2.45, 2.75) is 39.3 Å².